The molecule has 0 aliphatic rings. The van der Waals surface area contributed by atoms with Gasteiger partial charge in [-0.25, -0.2) is 0 Å². The highest BCUT2D eigenvalue weighted by molar-refractivity contribution is 7.99. The van der Waals surface area contributed by atoms with Gasteiger partial charge in [-0.05, 0) is 31.5 Å². The second-order valence-electron chi connectivity index (χ2n) is 5.57. The average Bonchev–Trinajstić information content (AvgIpc) is 2.87. The van der Waals surface area contributed by atoms with Gasteiger partial charge in [0, 0.05) is 22.9 Å². The van der Waals surface area contributed by atoms with Crippen molar-refractivity contribution in [1.29, 1.82) is 0 Å². The summed E-state index contributed by atoms with van der Waals surface area (Å²) in [6.07, 6.45) is 0. The molecule has 0 saturated heterocycles. The van der Waals surface area contributed by atoms with Gasteiger partial charge in [0.15, 0.2) is 0 Å². The topological polar surface area (TPSA) is 83.6 Å². The molecule has 1 aromatic heterocycles. The number of benzene rings is 1. The predicted molar refractivity (Wildman–Crippen MR) is 96.6 cm³/mol. The summed E-state index contributed by atoms with van der Waals surface area (Å²) in [6.45, 7) is 3.57. The minimum atomic E-state index is -1.04. The first-order valence-electron chi connectivity index (χ1n) is 7.60. The fourth-order valence-electron chi connectivity index (χ4n) is 2.25. The quantitative estimate of drug-likeness (QED) is 0.754. The largest absolute Gasteiger partial charge is 0.480 e. The molecule has 1 heterocycles. The second kappa shape index (κ2) is 8.92. The van der Waals surface area contributed by atoms with Crippen LogP contribution in [0.25, 0.3) is 0 Å². The van der Waals surface area contributed by atoms with Crippen LogP contribution in [-0.2, 0) is 21.9 Å². The molecule has 0 unspecified atom stereocenters. The van der Waals surface area contributed by atoms with Gasteiger partial charge in [-0.15, -0.1) is 11.8 Å². The second-order valence-corrected chi connectivity index (χ2v) is 6.99. The van der Waals surface area contributed by atoms with E-state index in [1.807, 2.05) is 13.8 Å². The van der Waals surface area contributed by atoms with Gasteiger partial charge in [-0.3, -0.25) is 9.59 Å². The molecule has 8 heteroatoms. The number of carboxylic acids is 1. The third kappa shape index (κ3) is 5.79. The van der Waals surface area contributed by atoms with Crippen molar-refractivity contribution in [1.82, 2.24) is 10.1 Å². The monoisotopic (exact) mass is 382 g/mol. The zero-order valence-electron chi connectivity index (χ0n) is 14.0. The number of rotatable bonds is 8. The lowest BCUT2D eigenvalue weighted by Gasteiger charge is -2.20. The Hall–Kier alpha value is -1.99. The third-order valence-corrected chi connectivity index (χ3v) is 4.81. The van der Waals surface area contributed by atoms with Gasteiger partial charge in [-0.1, -0.05) is 28.9 Å². The predicted octanol–water partition coefficient (Wildman–Crippen LogP) is 3.29. The van der Waals surface area contributed by atoms with Crippen LogP contribution in [0, 0.1) is 13.8 Å². The van der Waals surface area contributed by atoms with Crippen molar-refractivity contribution in [3.63, 3.8) is 0 Å². The summed E-state index contributed by atoms with van der Waals surface area (Å²) in [4.78, 5) is 24.8. The summed E-state index contributed by atoms with van der Waals surface area (Å²) in [5, 5.41) is 13.5. The van der Waals surface area contributed by atoms with Crippen LogP contribution in [0.2, 0.25) is 5.02 Å². The molecule has 0 bridgehead atoms. The first-order chi connectivity index (χ1) is 11.9. The Balaban J connectivity index is 1.95. The Kier molecular flexibility index (Phi) is 6.90. The molecule has 1 aromatic carbocycles. The van der Waals surface area contributed by atoms with Crippen molar-refractivity contribution < 1.29 is 19.2 Å². The number of nitrogens with zero attached hydrogens (tertiary/aromatic N) is 2. The number of thioether (sulfide) groups is 1. The number of aryl methyl sites for hydroxylation is 2. The van der Waals surface area contributed by atoms with Crippen LogP contribution in [-0.4, -0.2) is 39.3 Å². The van der Waals surface area contributed by atoms with Gasteiger partial charge in [0.1, 0.15) is 12.3 Å². The maximum absolute atomic E-state index is 12.4. The number of hydrogen-bond donors (Lipinski definition) is 1. The molecule has 0 saturated carbocycles. The maximum atomic E-state index is 12.4. The number of carbonyl (C=O) groups excluding carboxylic acids is 1. The lowest BCUT2D eigenvalue weighted by atomic mass is 10.2. The number of halogens is 1. The molecule has 2 aromatic rings. The van der Waals surface area contributed by atoms with E-state index in [1.54, 1.807) is 24.3 Å². The van der Waals surface area contributed by atoms with Crippen LogP contribution < -0.4 is 0 Å². The molecule has 134 valence electrons. The van der Waals surface area contributed by atoms with Crippen LogP contribution in [0.5, 0.6) is 0 Å². The number of aliphatic carboxylic acids is 1. The van der Waals surface area contributed by atoms with Crippen LogP contribution >= 0.6 is 23.4 Å². The number of hydrogen-bond acceptors (Lipinski definition) is 5. The summed E-state index contributed by atoms with van der Waals surface area (Å²) in [7, 11) is 0. The fraction of sp³-hybridized carbons (Fsp3) is 0.353. The molecule has 6 nitrogen and oxygen atoms in total. The van der Waals surface area contributed by atoms with E-state index in [9.17, 15) is 9.59 Å². The van der Waals surface area contributed by atoms with E-state index in [4.69, 9.17) is 21.2 Å². The third-order valence-electron chi connectivity index (χ3n) is 3.62. The van der Waals surface area contributed by atoms with Crippen LogP contribution in [0.15, 0.2) is 28.8 Å². The molecule has 1 N–H and O–H groups in total. The molecule has 0 aliphatic heterocycles. The van der Waals surface area contributed by atoms with E-state index in [1.165, 1.54) is 16.7 Å². The summed E-state index contributed by atoms with van der Waals surface area (Å²) >= 11 is 7.26. The van der Waals surface area contributed by atoms with E-state index in [2.05, 4.69) is 5.16 Å². The molecule has 0 spiro atoms. The maximum Gasteiger partial charge on any atom is 0.323 e. The SMILES string of the molecule is Cc1noc(C)c1CSCC(=O)N(CC(=O)O)Cc1ccc(Cl)cc1. The molecule has 0 aliphatic carbocycles. The van der Waals surface area contributed by atoms with E-state index >= 15 is 0 Å². The summed E-state index contributed by atoms with van der Waals surface area (Å²) in [5.41, 5.74) is 2.61. The van der Waals surface area contributed by atoms with Gasteiger partial charge in [0.05, 0.1) is 11.4 Å². The lowest BCUT2D eigenvalue weighted by Crippen LogP contribution is -2.36. The van der Waals surface area contributed by atoms with E-state index < -0.39 is 5.97 Å². The van der Waals surface area contributed by atoms with Crippen molar-refractivity contribution in [3.05, 3.63) is 51.9 Å². The van der Waals surface area contributed by atoms with Gasteiger partial charge in [0.2, 0.25) is 5.91 Å². The number of amides is 1. The molecule has 0 atom stereocenters. The molecule has 25 heavy (non-hydrogen) atoms. The van der Waals surface area contributed by atoms with Gasteiger partial charge in [0.25, 0.3) is 0 Å². The normalized spacial score (nSPS) is 10.7. The summed E-state index contributed by atoms with van der Waals surface area (Å²) in [6, 6.07) is 6.99. The van der Waals surface area contributed by atoms with Crippen LogP contribution in [0.1, 0.15) is 22.6 Å². The summed E-state index contributed by atoms with van der Waals surface area (Å²) in [5.74, 6) is 0.243. The first-order valence-corrected chi connectivity index (χ1v) is 9.13. The Morgan fingerprint density at radius 1 is 1.28 bits per heavy atom. The van der Waals surface area contributed by atoms with Gasteiger partial charge in [-0.2, -0.15) is 0 Å². The fourth-order valence-corrected chi connectivity index (χ4v) is 3.45. The Bertz CT molecular complexity index is 726. The highest BCUT2D eigenvalue weighted by Gasteiger charge is 2.18. The zero-order chi connectivity index (χ0) is 18.4. The lowest BCUT2D eigenvalue weighted by molar-refractivity contribution is -0.143. The van der Waals surface area contributed by atoms with Gasteiger partial charge >= 0.3 is 5.97 Å². The standard InChI is InChI=1S/C17H19ClN2O4S/c1-11-15(12(2)24-19-11)9-25-10-16(21)20(8-17(22)23)7-13-3-5-14(18)6-4-13/h3-6H,7-10H2,1-2H3,(H,22,23). The first kappa shape index (κ1) is 19.3. The number of carbonyl (C=O) groups is 2. The molecular weight excluding hydrogens is 364 g/mol. The Morgan fingerprint density at radius 2 is 1.96 bits per heavy atom. The van der Waals surface area contributed by atoms with Crippen molar-refractivity contribution >= 4 is 35.2 Å². The van der Waals surface area contributed by atoms with E-state index in [0.29, 0.717) is 10.8 Å². The molecule has 0 radical (unpaired) electrons. The Labute approximate surface area is 155 Å². The van der Waals surface area contributed by atoms with E-state index in [0.717, 1.165) is 22.6 Å². The summed E-state index contributed by atoms with van der Waals surface area (Å²) < 4.78 is 5.09. The molecule has 1 amide bonds. The van der Waals surface area contributed by atoms with Crippen molar-refractivity contribution in [2.75, 3.05) is 12.3 Å². The van der Waals surface area contributed by atoms with Crippen molar-refractivity contribution in [3.8, 4) is 0 Å². The van der Waals surface area contributed by atoms with Crippen molar-refractivity contribution in [2.24, 2.45) is 0 Å². The Morgan fingerprint density at radius 3 is 2.52 bits per heavy atom. The van der Waals surface area contributed by atoms with Crippen LogP contribution in [0.4, 0.5) is 0 Å². The van der Waals surface area contributed by atoms with Crippen LogP contribution in [0.3, 0.4) is 0 Å². The van der Waals surface area contributed by atoms with E-state index in [-0.39, 0.29) is 24.7 Å². The van der Waals surface area contributed by atoms with Gasteiger partial charge < -0.3 is 14.5 Å². The molecule has 2 rings (SSSR count). The average molecular weight is 383 g/mol. The minimum absolute atomic E-state index is 0.185. The highest BCUT2D eigenvalue weighted by Crippen LogP contribution is 2.20. The molecule has 0 fully saturated rings. The number of carboxylic acid groups (broad SMARTS) is 1. The zero-order valence-corrected chi connectivity index (χ0v) is 15.6. The number of aromatic nitrogens is 1. The minimum Gasteiger partial charge on any atom is -0.480 e. The van der Waals surface area contributed by atoms with Crippen molar-refractivity contribution in [2.45, 2.75) is 26.1 Å². The highest BCUT2D eigenvalue weighted by atomic mass is 35.5. The smallest absolute Gasteiger partial charge is 0.323 e. The molecular formula is C17H19ClN2O4S.